The van der Waals surface area contributed by atoms with E-state index < -0.39 is 0 Å². The maximum Gasteiger partial charge on any atom is 0.212 e. The molecule has 0 bridgehead atoms. The highest BCUT2D eigenvalue weighted by Crippen LogP contribution is 2.24. The van der Waals surface area contributed by atoms with Crippen LogP contribution in [0.3, 0.4) is 0 Å². The van der Waals surface area contributed by atoms with Crippen LogP contribution in [-0.2, 0) is 20.2 Å². The molecule has 0 radical (unpaired) electrons. The third-order valence-electron chi connectivity index (χ3n) is 2.74. The number of rotatable bonds is 5. The first-order chi connectivity index (χ1) is 9.83. The highest BCUT2D eigenvalue weighted by molar-refractivity contribution is 6.30. The second-order valence-corrected chi connectivity index (χ2v) is 6.28. The van der Waals surface area contributed by atoms with Crippen LogP contribution in [-0.4, -0.2) is 25.7 Å². The van der Waals surface area contributed by atoms with Crippen molar-refractivity contribution in [2.75, 3.05) is 0 Å². The third kappa shape index (κ3) is 4.99. The molecule has 2 aromatic rings. The molecule has 114 valence electrons. The molecule has 1 heterocycles. The summed E-state index contributed by atoms with van der Waals surface area (Å²) in [6.45, 7) is 7.29. The van der Waals surface area contributed by atoms with Gasteiger partial charge in [-0.1, -0.05) is 11.6 Å². The maximum atomic E-state index is 6.07. The van der Waals surface area contributed by atoms with Gasteiger partial charge < -0.3 is 10.1 Å². The second-order valence-electron chi connectivity index (χ2n) is 5.84. The van der Waals surface area contributed by atoms with E-state index in [0.717, 1.165) is 11.3 Å². The van der Waals surface area contributed by atoms with Crippen molar-refractivity contribution < 1.29 is 4.74 Å². The summed E-state index contributed by atoms with van der Waals surface area (Å²) in [6.07, 6.45) is 0. The number of aromatic nitrogens is 4. The first-order valence-corrected chi connectivity index (χ1v) is 7.10. The maximum absolute atomic E-state index is 6.07. The molecular weight excluding hydrogens is 290 g/mol. The Morgan fingerprint density at radius 2 is 2.10 bits per heavy atom. The molecule has 21 heavy (non-hydrogen) atoms. The fourth-order valence-corrected chi connectivity index (χ4v) is 1.91. The molecule has 1 N–H and O–H groups in total. The van der Waals surface area contributed by atoms with Crippen LogP contribution in [0, 0.1) is 0 Å². The fourth-order valence-electron chi connectivity index (χ4n) is 1.71. The van der Waals surface area contributed by atoms with Crippen LogP contribution in [0.15, 0.2) is 18.2 Å². The molecular formula is C14H20ClN5O. The van der Waals surface area contributed by atoms with Crippen molar-refractivity contribution in [1.82, 2.24) is 25.5 Å². The van der Waals surface area contributed by atoms with Gasteiger partial charge in [-0.05, 0) is 44.2 Å². The molecule has 0 saturated carbocycles. The van der Waals surface area contributed by atoms with Crippen LogP contribution in [0.2, 0.25) is 5.02 Å². The molecule has 1 aromatic heterocycles. The standard InChI is InChI=1S/C14H20ClN5O/c1-14(2,3)16-8-10-7-11(15)5-6-12(10)21-9-13-17-19-20(4)18-13/h5-7,16H,8-9H2,1-4H3. The molecule has 6 nitrogen and oxygen atoms in total. The van der Waals surface area contributed by atoms with E-state index in [9.17, 15) is 0 Å². The summed E-state index contributed by atoms with van der Waals surface area (Å²) in [5.41, 5.74) is 1.02. The largest absolute Gasteiger partial charge is 0.485 e. The van der Waals surface area contributed by atoms with E-state index in [4.69, 9.17) is 16.3 Å². The van der Waals surface area contributed by atoms with Crippen molar-refractivity contribution in [2.45, 2.75) is 39.5 Å². The first kappa shape index (κ1) is 15.7. The van der Waals surface area contributed by atoms with Crippen LogP contribution >= 0.6 is 11.6 Å². The molecule has 1 aromatic carbocycles. The Bertz CT molecular complexity index is 606. The van der Waals surface area contributed by atoms with Gasteiger partial charge in [0.15, 0.2) is 6.61 Å². The predicted octanol–water partition coefficient (Wildman–Crippen LogP) is 2.33. The summed E-state index contributed by atoms with van der Waals surface area (Å²) in [5, 5.41) is 15.9. The van der Waals surface area contributed by atoms with Crippen molar-refractivity contribution >= 4 is 11.6 Å². The van der Waals surface area contributed by atoms with Crippen LogP contribution in [0.5, 0.6) is 5.75 Å². The first-order valence-electron chi connectivity index (χ1n) is 6.72. The molecule has 0 aliphatic carbocycles. The molecule has 0 spiro atoms. The van der Waals surface area contributed by atoms with E-state index in [1.165, 1.54) is 4.80 Å². The average molecular weight is 310 g/mol. The Labute approximate surface area is 129 Å². The normalized spacial score (nSPS) is 11.7. The lowest BCUT2D eigenvalue weighted by atomic mass is 10.1. The molecule has 0 unspecified atom stereocenters. The molecule has 0 aliphatic rings. The number of hydrogen-bond donors (Lipinski definition) is 1. The summed E-state index contributed by atoms with van der Waals surface area (Å²) in [7, 11) is 1.72. The van der Waals surface area contributed by atoms with E-state index in [1.807, 2.05) is 18.2 Å². The van der Waals surface area contributed by atoms with E-state index in [1.54, 1.807) is 7.05 Å². The van der Waals surface area contributed by atoms with E-state index in [-0.39, 0.29) is 12.1 Å². The Morgan fingerprint density at radius 1 is 1.33 bits per heavy atom. The summed E-state index contributed by atoms with van der Waals surface area (Å²) in [5.74, 6) is 1.31. The molecule has 0 fully saturated rings. The molecule has 2 rings (SSSR count). The molecule has 0 atom stereocenters. The number of hydrogen-bond acceptors (Lipinski definition) is 5. The number of halogens is 1. The molecule has 0 saturated heterocycles. The van der Waals surface area contributed by atoms with Crippen LogP contribution in [0.1, 0.15) is 32.2 Å². The summed E-state index contributed by atoms with van der Waals surface area (Å²) in [6, 6.07) is 5.57. The highest BCUT2D eigenvalue weighted by atomic mass is 35.5. The quantitative estimate of drug-likeness (QED) is 0.918. The SMILES string of the molecule is Cn1nnc(COc2ccc(Cl)cc2CNC(C)(C)C)n1. The monoisotopic (exact) mass is 309 g/mol. The summed E-state index contributed by atoms with van der Waals surface area (Å²) >= 11 is 6.07. The van der Waals surface area contributed by atoms with Gasteiger partial charge in [0.2, 0.25) is 5.82 Å². The third-order valence-corrected chi connectivity index (χ3v) is 2.97. The van der Waals surface area contributed by atoms with Gasteiger partial charge in [-0.15, -0.1) is 10.2 Å². The number of nitrogens with one attached hydrogen (secondary N) is 1. The fraction of sp³-hybridized carbons (Fsp3) is 0.500. The highest BCUT2D eigenvalue weighted by Gasteiger charge is 2.12. The van der Waals surface area contributed by atoms with Gasteiger partial charge in [0.25, 0.3) is 0 Å². The van der Waals surface area contributed by atoms with Gasteiger partial charge in [0.1, 0.15) is 5.75 Å². The number of aryl methyl sites for hydroxylation is 1. The number of tetrazole rings is 1. The topological polar surface area (TPSA) is 64.9 Å². The van der Waals surface area contributed by atoms with Crippen molar-refractivity contribution in [3.05, 3.63) is 34.6 Å². The van der Waals surface area contributed by atoms with E-state index in [2.05, 4.69) is 41.5 Å². The Kier molecular flexibility index (Phi) is 4.80. The van der Waals surface area contributed by atoms with Gasteiger partial charge in [0, 0.05) is 22.7 Å². The Balaban J connectivity index is 2.07. The number of nitrogens with zero attached hydrogens (tertiary/aromatic N) is 4. The van der Waals surface area contributed by atoms with Gasteiger partial charge in [-0.2, -0.15) is 4.80 Å². The zero-order valence-corrected chi connectivity index (χ0v) is 13.5. The van der Waals surface area contributed by atoms with Crippen molar-refractivity contribution in [3.63, 3.8) is 0 Å². The van der Waals surface area contributed by atoms with Crippen LogP contribution < -0.4 is 10.1 Å². The lowest BCUT2D eigenvalue weighted by Crippen LogP contribution is -2.35. The lowest BCUT2D eigenvalue weighted by molar-refractivity contribution is 0.290. The molecule has 0 aliphatic heterocycles. The van der Waals surface area contributed by atoms with Gasteiger partial charge in [0.05, 0.1) is 7.05 Å². The summed E-state index contributed by atoms with van der Waals surface area (Å²) in [4.78, 5) is 1.41. The lowest BCUT2D eigenvalue weighted by Gasteiger charge is -2.21. The van der Waals surface area contributed by atoms with Crippen molar-refractivity contribution in [1.29, 1.82) is 0 Å². The van der Waals surface area contributed by atoms with Gasteiger partial charge in [-0.25, -0.2) is 0 Å². The molecule has 0 amide bonds. The van der Waals surface area contributed by atoms with Gasteiger partial charge in [-0.3, -0.25) is 0 Å². The summed E-state index contributed by atoms with van der Waals surface area (Å²) < 4.78 is 5.78. The zero-order valence-electron chi connectivity index (χ0n) is 12.7. The van der Waals surface area contributed by atoms with E-state index in [0.29, 0.717) is 17.4 Å². The van der Waals surface area contributed by atoms with Gasteiger partial charge >= 0.3 is 0 Å². The molecule has 7 heteroatoms. The van der Waals surface area contributed by atoms with Crippen LogP contribution in [0.25, 0.3) is 0 Å². The number of ether oxygens (including phenoxy) is 1. The predicted molar refractivity (Wildman–Crippen MR) is 81.2 cm³/mol. The van der Waals surface area contributed by atoms with E-state index >= 15 is 0 Å². The minimum atomic E-state index is 0.0199. The zero-order chi connectivity index (χ0) is 15.5. The minimum absolute atomic E-state index is 0.0199. The van der Waals surface area contributed by atoms with Crippen LogP contribution in [0.4, 0.5) is 0 Å². The minimum Gasteiger partial charge on any atom is -0.485 e. The second kappa shape index (κ2) is 6.41. The number of benzene rings is 1. The Morgan fingerprint density at radius 3 is 2.71 bits per heavy atom. The van der Waals surface area contributed by atoms with Crippen molar-refractivity contribution in [3.8, 4) is 5.75 Å². The van der Waals surface area contributed by atoms with Crippen molar-refractivity contribution in [2.24, 2.45) is 7.05 Å². The average Bonchev–Trinajstić information content (AvgIpc) is 2.80. The smallest absolute Gasteiger partial charge is 0.212 e. The Hall–Kier alpha value is -1.66.